The van der Waals surface area contributed by atoms with E-state index in [9.17, 15) is 9.90 Å². The average Bonchev–Trinajstić information content (AvgIpc) is 2.85. The number of aromatic carboxylic acids is 1. The predicted octanol–water partition coefficient (Wildman–Crippen LogP) is 3.01. The molecule has 0 spiro atoms. The highest BCUT2D eigenvalue weighted by Gasteiger charge is 2.21. The van der Waals surface area contributed by atoms with Crippen LogP contribution in [-0.2, 0) is 13.0 Å². The summed E-state index contributed by atoms with van der Waals surface area (Å²) in [6, 6.07) is 9.36. The fourth-order valence-corrected chi connectivity index (χ4v) is 3.27. The van der Waals surface area contributed by atoms with Crippen molar-refractivity contribution in [1.29, 1.82) is 0 Å². The van der Waals surface area contributed by atoms with E-state index in [1.54, 1.807) is 23.5 Å². The topological polar surface area (TPSA) is 40.5 Å². The van der Waals surface area contributed by atoms with Crippen molar-refractivity contribution < 1.29 is 9.90 Å². The van der Waals surface area contributed by atoms with E-state index in [2.05, 4.69) is 16.3 Å². The summed E-state index contributed by atoms with van der Waals surface area (Å²) in [4.78, 5) is 14.8. The minimum atomic E-state index is -0.860. The summed E-state index contributed by atoms with van der Waals surface area (Å²) in [5, 5.41) is 11.3. The van der Waals surface area contributed by atoms with E-state index in [1.807, 2.05) is 12.1 Å². The summed E-state index contributed by atoms with van der Waals surface area (Å²) in [6.07, 6.45) is 1.00. The highest BCUT2D eigenvalue weighted by molar-refractivity contribution is 7.10. The zero-order valence-corrected chi connectivity index (χ0v) is 10.6. The third kappa shape index (κ3) is 1.88. The van der Waals surface area contributed by atoms with Gasteiger partial charge in [0.1, 0.15) is 0 Å². The first kappa shape index (κ1) is 11.3. The molecule has 0 fully saturated rings. The molecule has 18 heavy (non-hydrogen) atoms. The molecule has 92 valence electrons. The van der Waals surface area contributed by atoms with Gasteiger partial charge in [-0.1, -0.05) is 12.1 Å². The number of hydrogen-bond donors (Lipinski definition) is 1. The summed E-state index contributed by atoms with van der Waals surface area (Å²) in [5.74, 6) is -0.860. The molecule has 3 rings (SSSR count). The number of nitrogens with zero attached hydrogens (tertiary/aromatic N) is 1. The number of rotatable bonds is 2. The van der Waals surface area contributed by atoms with Crippen molar-refractivity contribution in [3.8, 4) is 0 Å². The maximum atomic E-state index is 11.2. The molecule has 1 N–H and O–H groups in total. The van der Waals surface area contributed by atoms with Crippen molar-refractivity contribution >= 4 is 23.0 Å². The molecule has 3 nitrogen and oxygen atoms in total. The van der Waals surface area contributed by atoms with Crippen LogP contribution in [0.1, 0.15) is 20.8 Å². The number of fused-ring (bicyclic) bond motifs is 1. The second kappa shape index (κ2) is 4.46. The molecule has 4 heteroatoms. The highest BCUT2D eigenvalue weighted by atomic mass is 32.1. The molecule has 2 heterocycles. The van der Waals surface area contributed by atoms with Gasteiger partial charge in [0, 0.05) is 18.0 Å². The van der Waals surface area contributed by atoms with Crippen LogP contribution in [0.25, 0.3) is 0 Å². The molecule has 2 aromatic rings. The number of para-hydroxylation sites is 1. The fourth-order valence-electron chi connectivity index (χ4n) is 2.38. The van der Waals surface area contributed by atoms with Gasteiger partial charge in [0.05, 0.1) is 11.3 Å². The maximum Gasteiger partial charge on any atom is 0.337 e. The van der Waals surface area contributed by atoms with Crippen molar-refractivity contribution in [3.63, 3.8) is 0 Å². The van der Waals surface area contributed by atoms with Crippen LogP contribution in [0.5, 0.6) is 0 Å². The second-order valence-corrected chi connectivity index (χ2v) is 5.36. The highest BCUT2D eigenvalue weighted by Crippen LogP contribution is 2.29. The summed E-state index contributed by atoms with van der Waals surface area (Å²) in [5.41, 5.74) is 2.53. The van der Waals surface area contributed by atoms with Crippen LogP contribution in [0.4, 0.5) is 5.69 Å². The first-order valence-electron chi connectivity index (χ1n) is 5.88. The van der Waals surface area contributed by atoms with Crippen molar-refractivity contribution in [1.82, 2.24) is 0 Å². The smallest absolute Gasteiger partial charge is 0.337 e. The minimum Gasteiger partial charge on any atom is -0.478 e. The van der Waals surface area contributed by atoms with E-state index in [1.165, 1.54) is 10.4 Å². The quantitative estimate of drug-likeness (QED) is 0.901. The van der Waals surface area contributed by atoms with Crippen LogP contribution in [0.15, 0.2) is 35.7 Å². The molecule has 1 aromatic carbocycles. The molecule has 0 aliphatic carbocycles. The summed E-state index contributed by atoms with van der Waals surface area (Å²) >= 11 is 1.79. The molecule has 0 saturated heterocycles. The van der Waals surface area contributed by atoms with Crippen molar-refractivity contribution in [2.45, 2.75) is 13.0 Å². The van der Waals surface area contributed by atoms with Gasteiger partial charge in [-0.15, -0.1) is 11.3 Å². The van der Waals surface area contributed by atoms with Crippen LogP contribution in [-0.4, -0.2) is 17.6 Å². The SMILES string of the molecule is O=C(O)c1ccccc1N1CCc2sccc2C1. The number of carboxylic acids is 1. The normalized spacial score (nSPS) is 14.3. The summed E-state index contributed by atoms with van der Waals surface area (Å²) < 4.78 is 0. The number of anilines is 1. The molecule has 0 unspecified atom stereocenters. The lowest BCUT2D eigenvalue weighted by Crippen LogP contribution is -2.30. The van der Waals surface area contributed by atoms with Gasteiger partial charge in [-0.3, -0.25) is 0 Å². The van der Waals surface area contributed by atoms with Crippen LogP contribution >= 0.6 is 11.3 Å². The van der Waals surface area contributed by atoms with Crippen LogP contribution in [0, 0.1) is 0 Å². The monoisotopic (exact) mass is 259 g/mol. The maximum absolute atomic E-state index is 11.2. The lowest BCUT2D eigenvalue weighted by Gasteiger charge is -2.30. The number of benzene rings is 1. The molecule has 0 saturated carbocycles. The van der Waals surface area contributed by atoms with Gasteiger partial charge >= 0.3 is 5.97 Å². The van der Waals surface area contributed by atoms with Gasteiger partial charge in [-0.2, -0.15) is 0 Å². The summed E-state index contributed by atoms with van der Waals surface area (Å²) in [6.45, 7) is 1.70. The van der Waals surface area contributed by atoms with Gasteiger partial charge in [-0.25, -0.2) is 4.79 Å². The molecule has 1 aliphatic heterocycles. The third-order valence-electron chi connectivity index (χ3n) is 3.28. The van der Waals surface area contributed by atoms with Gasteiger partial charge in [0.2, 0.25) is 0 Å². The molecule has 0 amide bonds. The zero-order chi connectivity index (χ0) is 12.5. The van der Waals surface area contributed by atoms with Gasteiger partial charge in [0.25, 0.3) is 0 Å². The van der Waals surface area contributed by atoms with E-state index in [0.717, 1.165) is 25.2 Å². The lowest BCUT2D eigenvalue weighted by atomic mass is 10.1. The number of carboxylic acid groups (broad SMARTS) is 1. The molecule has 1 aliphatic rings. The Morgan fingerprint density at radius 1 is 1.28 bits per heavy atom. The largest absolute Gasteiger partial charge is 0.478 e. The van der Waals surface area contributed by atoms with Gasteiger partial charge < -0.3 is 10.0 Å². The first-order chi connectivity index (χ1) is 8.75. The Morgan fingerprint density at radius 3 is 2.94 bits per heavy atom. The van der Waals surface area contributed by atoms with Crippen LogP contribution in [0.2, 0.25) is 0 Å². The zero-order valence-electron chi connectivity index (χ0n) is 9.80. The lowest BCUT2D eigenvalue weighted by molar-refractivity contribution is 0.0697. The van der Waals surface area contributed by atoms with E-state index in [0.29, 0.717) is 5.56 Å². The number of thiophene rings is 1. The molecular weight excluding hydrogens is 246 g/mol. The van der Waals surface area contributed by atoms with Crippen LogP contribution in [0.3, 0.4) is 0 Å². The van der Waals surface area contributed by atoms with Crippen molar-refractivity contribution in [3.05, 3.63) is 51.7 Å². The van der Waals surface area contributed by atoms with E-state index >= 15 is 0 Å². The van der Waals surface area contributed by atoms with Gasteiger partial charge in [-0.05, 0) is 35.6 Å². The van der Waals surface area contributed by atoms with Gasteiger partial charge in [0.15, 0.2) is 0 Å². The van der Waals surface area contributed by atoms with Crippen molar-refractivity contribution in [2.75, 3.05) is 11.4 Å². The predicted molar refractivity (Wildman–Crippen MR) is 72.5 cm³/mol. The Balaban J connectivity index is 1.95. The molecule has 1 aromatic heterocycles. The summed E-state index contributed by atoms with van der Waals surface area (Å²) in [7, 11) is 0. The van der Waals surface area contributed by atoms with E-state index in [4.69, 9.17) is 0 Å². The third-order valence-corrected chi connectivity index (χ3v) is 4.31. The Labute approximate surface area is 109 Å². The molecular formula is C14H13NO2S. The molecule has 0 atom stereocenters. The molecule has 0 radical (unpaired) electrons. The Bertz CT molecular complexity index is 591. The number of carbonyl (C=O) groups is 1. The van der Waals surface area contributed by atoms with Crippen molar-refractivity contribution in [2.24, 2.45) is 0 Å². The Morgan fingerprint density at radius 2 is 2.11 bits per heavy atom. The van der Waals surface area contributed by atoms with Crippen LogP contribution < -0.4 is 4.90 Å². The Hall–Kier alpha value is -1.81. The minimum absolute atomic E-state index is 0.385. The Kier molecular flexibility index (Phi) is 2.80. The molecule has 0 bridgehead atoms. The number of hydrogen-bond acceptors (Lipinski definition) is 3. The second-order valence-electron chi connectivity index (χ2n) is 4.36. The first-order valence-corrected chi connectivity index (χ1v) is 6.76. The average molecular weight is 259 g/mol. The van der Waals surface area contributed by atoms with E-state index in [-0.39, 0.29) is 0 Å². The standard InChI is InChI=1S/C14H13NO2S/c16-14(17)11-3-1-2-4-12(11)15-7-5-13-10(9-15)6-8-18-13/h1-4,6,8H,5,7,9H2,(H,16,17). The fraction of sp³-hybridized carbons (Fsp3) is 0.214. The van der Waals surface area contributed by atoms with E-state index < -0.39 is 5.97 Å².